The van der Waals surface area contributed by atoms with Crippen LogP contribution in [-0.4, -0.2) is 16.0 Å². The van der Waals surface area contributed by atoms with Crippen LogP contribution in [0.25, 0.3) is 16.6 Å². The number of aromatic hydroxyl groups is 1. The second kappa shape index (κ2) is 5.49. The highest BCUT2D eigenvalue weighted by Crippen LogP contribution is 2.37. The third kappa shape index (κ3) is 2.49. The SMILES string of the molecule is Cc1cc(F)cc2c(N=NC3=c4cc(Cl)ccc4=NC3=O)c(O)[nH]c12. The summed E-state index contributed by atoms with van der Waals surface area (Å²) in [4.78, 5) is 18.6. The maximum absolute atomic E-state index is 13.7. The zero-order chi connectivity index (χ0) is 17.7. The predicted octanol–water partition coefficient (Wildman–Crippen LogP) is 3.03. The molecule has 2 aromatic carbocycles. The topological polar surface area (TPSA) is 90.2 Å². The summed E-state index contributed by atoms with van der Waals surface area (Å²) in [6, 6.07) is 7.38. The van der Waals surface area contributed by atoms with Crippen molar-refractivity contribution < 1.29 is 14.3 Å². The van der Waals surface area contributed by atoms with Gasteiger partial charge < -0.3 is 10.1 Å². The lowest BCUT2D eigenvalue weighted by Gasteiger charge is -1.96. The maximum Gasteiger partial charge on any atom is 0.298 e. The minimum Gasteiger partial charge on any atom is -0.493 e. The number of hydrogen-bond donors (Lipinski definition) is 2. The van der Waals surface area contributed by atoms with Crippen LogP contribution in [0.15, 0.2) is 45.6 Å². The first-order chi connectivity index (χ1) is 11.9. The minimum atomic E-state index is -0.553. The molecule has 8 heteroatoms. The summed E-state index contributed by atoms with van der Waals surface area (Å²) in [5.74, 6) is -1.28. The lowest BCUT2D eigenvalue weighted by Crippen LogP contribution is -2.22. The van der Waals surface area contributed by atoms with Crippen LogP contribution in [0.4, 0.5) is 10.1 Å². The molecule has 25 heavy (non-hydrogen) atoms. The van der Waals surface area contributed by atoms with Crippen LogP contribution in [0.3, 0.4) is 0 Å². The first-order valence-corrected chi connectivity index (χ1v) is 7.67. The molecule has 0 atom stereocenters. The fourth-order valence-corrected chi connectivity index (χ4v) is 2.94. The Bertz CT molecular complexity index is 1210. The van der Waals surface area contributed by atoms with Crippen LogP contribution >= 0.6 is 11.6 Å². The minimum absolute atomic E-state index is 0.0133. The van der Waals surface area contributed by atoms with E-state index in [0.29, 0.717) is 32.1 Å². The Labute approximate surface area is 145 Å². The molecule has 3 aromatic rings. The van der Waals surface area contributed by atoms with Gasteiger partial charge in [0.25, 0.3) is 5.91 Å². The number of aromatic amines is 1. The Morgan fingerprint density at radius 2 is 2.04 bits per heavy atom. The van der Waals surface area contributed by atoms with Gasteiger partial charge >= 0.3 is 0 Å². The van der Waals surface area contributed by atoms with Crippen molar-refractivity contribution in [3.05, 3.63) is 57.3 Å². The number of nitrogens with one attached hydrogen (secondary N) is 1. The lowest BCUT2D eigenvalue weighted by molar-refractivity contribution is -0.112. The van der Waals surface area contributed by atoms with Crippen molar-refractivity contribution >= 4 is 39.8 Å². The van der Waals surface area contributed by atoms with E-state index in [1.165, 1.54) is 12.1 Å². The van der Waals surface area contributed by atoms with Gasteiger partial charge in [0.1, 0.15) is 5.82 Å². The van der Waals surface area contributed by atoms with Crippen molar-refractivity contribution in [1.82, 2.24) is 4.98 Å². The van der Waals surface area contributed by atoms with Gasteiger partial charge in [-0.25, -0.2) is 9.38 Å². The number of aryl methyl sites for hydroxylation is 1. The number of carbonyl (C=O) groups excluding carboxylic acids is 1. The van der Waals surface area contributed by atoms with Gasteiger partial charge in [-0.05, 0) is 42.8 Å². The molecule has 0 fully saturated rings. The van der Waals surface area contributed by atoms with E-state index in [0.717, 1.165) is 0 Å². The number of rotatable bonds is 2. The van der Waals surface area contributed by atoms with Gasteiger partial charge in [-0.15, -0.1) is 10.2 Å². The molecular formula is C17H10ClFN4O2. The fourth-order valence-electron chi connectivity index (χ4n) is 2.77. The van der Waals surface area contributed by atoms with E-state index in [1.807, 2.05) is 0 Å². The van der Waals surface area contributed by atoms with Crippen LogP contribution < -0.4 is 10.6 Å². The summed E-state index contributed by atoms with van der Waals surface area (Å²) < 4.78 is 13.7. The second-order valence-electron chi connectivity index (χ2n) is 5.59. The first-order valence-electron chi connectivity index (χ1n) is 7.29. The molecule has 4 rings (SSSR count). The van der Waals surface area contributed by atoms with Crippen molar-refractivity contribution in [3.8, 4) is 5.88 Å². The first kappa shape index (κ1) is 15.5. The van der Waals surface area contributed by atoms with Gasteiger partial charge in [-0.2, -0.15) is 0 Å². The highest BCUT2D eigenvalue weighted by Gasteiger charge is 2.18. The number of amides is 1. The number of benzene rings is 2. The smallest absolute Gasteiger partial charge is 0.298 e. The highest BCUT2D eigenvalue weighted by molar-refractivity contribution is 6.30. The van der Waals surface area contributed by atoms with Crippen LogP contribution in [0.2, 0.25) is 5.02 Å². The fraction of sp³-hybridized carbons (Fsp3) is 0.0588. The number of aromatic nitrogens is 1. The maximum atomic E-state index is 13.7. The molecule has 124 valence electrons. The molecule has 0 saturated carbocycles. The molecule has 1 amide bonds. The van der Waals surface area contributed by atoms with E-state index in [4.69, 9.17) is 11.6 Å². The zero-order valence-corrected chi connectivity index (χ0v) is 13.6. The third-order valence-corrected chi connectivity index (χ3v) is 4.15. The van der Waals surface area contributed by atoms with E-state index in [1.54, 1.807) is 25.1 Å². The van der Waals surface area contributed by atoms with Crippen molar-refractivity contribution in [3.63, 3.8) is 0 Å². The molecule has 0 unspecified atom stereocenters. The number of halogens is 2. The Balaban J connectivity index is 1.90. The van der Waals surface area contributed by atoms with Crippen LogP contribution in [0, 0.1) is 12.7 Å². The quantitative estimate of drug-likeness (QED) is 0.691. The summed E-state index contributed by atoms with van der Waals surface area (Å²) in [6.45, 7) is 1.70. The third-order valence-electron chi connectivity index (χ3n) is 3.91. The van der Waals surface area contributed by atoms with Crippen LogP contribution in [0.5, 0.6) is 5.88 Å². The standard InChI is InChI=1S/C17H10ClFN4O2/c1-7-4-9(19)6-11-13(7)21-17(25)15(11)23-22-14-10-5-8(18)2-3-12(10)20-16(14)24/h2-6,21,25H,1H3. The average molecular weight is 357 g/mol. The number of carbonyl (C=O) groups is 1. The molecule has 1 aliphatic heterocycles. The normalized spacial score (nSPS) is 13.7. The van der Waals surface area contributed by atoms with Crippen molar-refractivity contribution in [2.24, 2.45) is 15.2 Å². The van der Waals surface area contributed by atoms with Gasteiger partial charge in [-0.1, -0.05) is 11.6 Å². The summed E-state index contributed by atoms with van der Waals surface area (Å²) in [5, 5.41) is 19.7. The number of H-pyrrole nitrogens is 1. The molecule has 0 bridgehead atoms. The number of fused-ring (bicyclic) bond motifs is 2. The zero-order valence-electron chi connectivity index (χ0n) is 12.8. The van der Waals surface area contributed by atoms with Crippen LogP contribution in [-0.2, 0) is 4.79 Å². The second-order valence-corrected chi connectivity index (χ2v) is 6.03. The van der Waals surface area contributed by atoms with Crippen molar-refractivity contribution in [2.75, 3.05) is 0 Å². The van der Waals surface area contributed by atoms with Gasteiger partial charge in [0, 0.05) is 15.6 Å². The summed E-state index contributed by atoms with van der Waals surface area (Å²) >= 11 is 5.95. The van der Waals surface area contributed by atoms with E-state index >= 15 is 0 Å². The summed E-state index contributed by atoms with van der Waals surface area (Å²) in [7, 11) is 0. The number of hydrogen-bond acceptors (Lipinski definition) is 4. The van der Waals surface area contributed by atoms with Gasteiger partial charge in [-0.3, -0.25) is 4.79 Å². The number of azo groups is 1. The predicted molar refractivity (Wildman–Crippen MR) is 89.8 cm³/mol. The molecular weight excluding hydrogens is 347 g/mol. The summed E-state index contributed by atoms with van der Waals surface area (Å²) in [5.41, 5.74) is 1.22. The van der Waals surface area contributed by atoms with E-state index in [9.17, 15) is 14.3 Å². The average Bonchev–Trinajstić information content (AvgIpc) is 3.02. The van der Waals surface area contributed by atoms with Crippen molar-refractivity contribution in [2.45, 2.75) is 6.92 Å². The molecule has 1 aromatic heterocycles. The molecule has 0 aliphatic carbocycles. The molecule has 2 heterocycles. The highest BCUT2D eigenvalue weighted by atomic mass is 35.5. The Kier molecular flexibility index (Phi) is 3.40. The van der Waals surface area contributed by atoms with E-state index in [-0.39, 0.29) is 17.3 Å². The summed E-state index contributed by atoms with van der Waals surface area (Å²) in [6.07, 6.45) is 0. The molecule has 1 aliphatic rings. The van der Waals surface area contributed by atoms with E-state index < -0.39 is 11.7 Å². The monoisotopic (exact) mass is 356 g/mol. The Morgan fingerprint density at radius 3 is 2.84 bits per heavy atom. The molecule has 6 nitrogen and oxygen atoms in total. The van der Waals surface area contributed by atoms with Gasteiger partial charge in [0.2, 0.25) is 5.88 Å². The molecule has 2 N–H and O–H groups in total. The molecule has 0 spiro atoms. The van der Waals surface area contributed by atoms with Crippen molar-refractivity contribution in [1.29, 1.82) is 0 Å². The van der Waals surface area contributed by atoms with Gasteiger partial charge in [0.05, 0.1) is 10.9 Å². The largest absolute Gasteiger partial charge is 0.493 e. The van der Waals surface area contributed by atoms with Crippen LogP contribution in [0.1, 0.15) is 5.56 Å². The Morgan fingerprint density at radius 1 is 1.24 bits per heavy atom. The molecule has 0 radical (unpaired) electrons. The number of nitrogens with zero attached hydrogens (tertiary/aromatic N) is 3. The Hall–Kier alpha value is -3.06. The van der Waals surface area contributed by atoms with E-state index in [2.05, 4.69) is 20.2 Å². The van der Waals surface area contributed by atoms with Gasteiger partial charge in [0.15, 0.2) is 11.4 Å². The molecule has 0 saturated heterocycles. The lowest BCUT2D eigenvalue weighted by atomic mass is 10.1.